The average Bonchev–Trinajstić information content (AvgIpc) is 2.67. The number of carbonyl (C=O) groups is 2. The van der Waals surface area contributed by atoms with Gasteiger partial charge in [0.2, 0.25) is 11.8 Å². The number of carbonyl (C=O) groups excluding carboxylic acids is 2. The number of nitrogens with zero attached hydrogens (tertiary/aromatic N) is 1. The predicted octanol–water partition coefficient (Wildman–Crippen LogP) is 0.444. The molecule has 2 aliphatic rings. The molecule has 15 heavy (non-hydrogen) atoms. The van der Waals surface area contributed by atoms with Crippen molar-refractivity contribution in [1.82, 2.24) is 10.2 Å². The molecule has 0 saturated carbocycles. The monoisotopic (exact) mass is 208 g/mol. The first-order chi connectivity index (χ1) is 7.20. The van der Waals surface area contributed by atoms with Crippen molar-refractivity contribution in [2.45, 2.75) is 31.2 Å². The number of hydrogen-bond donors (Lipinski definition) is 1. The maximum absolute atomic E-state index is 11.9. The van der Waals surface area contributed by atoms with Crippen LogP contribution < -0.4 is 5.32 Å². The summed E-state index contributed by atoms with van der Waals surface area (Å²) in [4.78, 5) is 25.3. The SMILES string of the molecule is C=CCC[C@@]12CCCN1C(=O)CNC2=O. The Morgan fingerprint density at radius 2 is 2.33 bits per heavy atom. The van der Waals surface area contributed by atoms with E-state index in [1.807, 2.05) is 0 Å². The van der Waals surface area contributed by atoms with E-state index in [1.165, 1.54) is 0 Å². The van der Waals surface area contributed by atoms with Gasteiger partial charge in [-0.3, -0.25) is 9.59 Å². The Kier molecular flexibility index (Phi) is 2.50. The van der Waals surface area contributed by atoms with Crippen LogP contribution in [0.3, 0.4) is 0 Å². The van der Waals surface area contributed by atoms with Gasteiger partial charge in [-0.05, 0) is 25.7 Å². The first-order valence-corrected chi connectivity index (χ1v) is 5.40. The molecule has 0 unspecified atom stereocenters. The summed E-state index contributed by atoms with van der Waals surface area (Å²) in [6, 6.07) is 0. The number of fused-ring (bicyclic) bond motifs is 1. The van der Waals surface area contributed by atoms with E-state index in [2.05, 4.69) is 11.9 Å². The third kappa shape index (κ3) is 1.44. The van der Waals surface area contributed by atoms with Crippen molar-refractivity contribution in [2.75, 3.05) is 13.1 Å². The van der Waals surface area contributed by atoms with Crippen LogP contribution in [0.1, 0.15) is 25.7 Å². The van der Waals surface area contributed by atoms with Crippen molar-refractivity contribution in [1.29, 1.82) is 0 Å². The van der Waals surface area contributed by atoms with E-state index in [9.17, 15) is 9.59 Å². The summed E-state index contributed by atoms with van der Waals surface area (Å²) in [5.74, 6) is 0.0672. The Hall–Kier alpha value is -1.32. The molecular weight excluding hydrogens is 192 g/mol. The highest BCUT2D eigenvalue weighted by Crippen LogP contribution is 2.35. The number of rotatable bonds is 3. The number of allylic oxidation sites excluding steroid dienone is 1. The minimum atomic E-state index is -0.566. The van der Waals surface area contributed by atoms with Crippen LogP contribution in [0, 0.1) is 0 Å². The second kappa shape index (κ2) is 3.68. The third-order valence-electron chi connectivity index (χ3n) is 3.37. The van der Waals surface area contributed by atoms with E-state index in [4.69, 9.17) is 0 Å². The number of hydrogen-bond acceptors (Lipinski definition) is 2. The van der Waals surface area contributed by atoms with Gasteiger partial charge in [0.05, 0.1) is 6.54 Å². The fourth-order valence-corrected chi connectivity index (χ4v) is 2.61. The summed E-state index contributed by atoms with van der Waals surface area (Å²) in [6.45, 7) is 4.55. The lowest BCUT2D eigenvalue weighted by molar-refractivity contribution is -0.150. The topological polar surface area (TPSA) is 49.4 Å². The van der Waals surface area contributed by atoms with Gasteiger partial charge in [-0.1, -0.05) is 6.08 Å². The van der Waals surface area contributed by atoms with Crippen LogP contribution in [-0.2, 0) is 9.59 Å². The predicted molar refractivity (Wildman–Crippen MR) is 56.1 cm³/mol. The zero-order valence-corrected chi connectivity index (χ0v) is 8.79. The molecule has 4 nitrogen and oxygen atoms in total. The van der Waals surface area contributed by atoms with E-state index in [1.54, 1.807) is 11.0 Å². The first kappa shape index (κ1) is 10.2. The largest absolute Gasteiger partial charge is 0.345 e. The molecule has 0 aromatic rings. The summed E-state index contributed by atoms with van der Waals surface area (Å²) in [7, 11) is 0. The second-order valence-electron chi connectivity index (χ2n) is 4.19. The molecule has 2 saturated heterocycles. The Bertz CT molecular complexity index is 314. The van der Waals surface area contributed by atoms with Crippen LogP contribution in [0.4, 0.5) is 0 Å². The number of nitrogens with one attached hydrogen (secondary N) is 1. The third-order valence-corrected chi connectivity index (χ3v) is 3.37. The smallest absolute Gasteiger partial charge is 0.246 e. The van der Waals surface area contributed by atoms with E-state index >= 15 is 0 Å². The molecular formula is C11H16N2O2. The molecule has 0 aromatic heterocycles. The molecule has 82 valence electrons. The summed E-state index contributed by atoms with van der Waals surface area (Å²) < 4.78 is 0. The normalized spacial score (nSPS) is 30.0. The summed E-state index contributed by atoms with van der Waals surface area (Å²) in [5.41, 5.74) is -0.566. The van der Waals surface area contributed by atoms with Crippen LogP contribution in [-0.4, -0.2) is 35.3 Å². The summed E-state index contributed by atoms with van der Waals surface area (Å²) in [6.07, 6.45) is 5.00. The van der Waals surface area contributed by atoms with Crippen molar-refractivity contribution in [3.8, 4) is 0 Å². The van der Waals surface area contributed by atoms with Gasteiger partial charge in [0, 0.05) is 6.54 Å². The lowest BCUT2D eigenvalue weighted by atomic mass is 9.87. The van der Waals surface area contributed by atoms with Gasteiger partial charge in [-0.2, -0.15) is 0 Å². The lowest BCUT2D eigenvalue weighted by Gasteiger charge is -2.40. The highest BCUT2D eigenvalue weighted by Gasteiger charge is 2.51. The zero-order chi connectivity index (χ0) is 10.9. The van der Waals surface area contributed by atoms with Crippen LogP contribution >= 0.6 is 0 Å². The summed E-state index contributed by atoms with van der Waals surface area (Å²) >= 11 is 0. The fourth-order valence-electron chi connectivity index (χ4n) is 2.61. The first-order valence-electron chi connectivity index (χ1n) is 5.40. The number of piperazine rings is 1. The van der Waals surface area contributed by atoms with Crippen LogP contribution in [0.15, 0.2) is 12.7 Å². The van der Waals surface area contributed by atoms with Crippen molar-refractivity contribution in [3.05, 3.63) is 12.7 Å². The molecule has 0 spiro atoms. The second-order valence-corrected chi connectivity index (χ2v) is 4.19. The molecule has 0 aliphatic carbocycles. The quantitative estimate of drug-likeness (QED) is 0.684. The van der Waals surface area contributed by atoms with Gasteiger partial charge in [-0.25, -0.2) is 0 Å². The van der Waals surface area contributed by atoms with Crippen molar-refractivity contribution in [2.24, 2.45) is 0 Å². The van der Waals surface area contributed by atoms with Gasteiger partial charge < -0.3 is 10.2 Å². The van der Waals surface area contributed by atoms with Crippen LogP contribution in [0.5, 0.6) is 0 Å². The van der Waals surface area contributed by atoms with Gasteiger partial charge in [-0.15, -0.1) is 6.58 Å². The minimum absolute atomic E-state index is 0.0152. The standard InChI is InChI=1S/C11H16N2O2/c1-2-3-5-11-6-4-7-13(11)9(14)8-12-10(11)15/h2H,1,3-8H2,(H,12,15)/t11-/m0/s1. The Labute approximate surface area is 89.3 Å². The highest BCUT2D eigenvalue weighted by atomic mass is 16.2. The van der Waals surface area contributed by atoms with Gasteiger partial charge in [0.25, 0.3) is 0 Å². The molecule has 2 fully saturated rings. The highest BCUT2D eigenvalue weighted by molar-refractivity contribution is 5.98. The average molecular weight is 208 g/mol. The van der Waals surface area contributed by atoms with Crippen molar-refractivity contribution >= 4 is 11.8 Å². The molecule has 2 heterocycles. The van der Waals surface area contributed by atoms with E-state index < -0.39 is 5.54 Å². The van der Waals surface area contributed by atoms with E-state index in [0.717, 1.165) is 25.8 Å². The molecule has 2 aliphatic heterocycles. The number of amides is 2. The van der Waals surface area contributed by atoms with Gasteiger partial charge >= 0.3 is 0 Å². The fraction of sp³-hybridized carbons (Fsp3) is 0.636. The Balaban J connectivity index is 2.25. The van der Waals surface area contributed by atoms with Crippen molar-refractivity contribution < 1.29 is 9.59 Å². The molecule has 2 rings (SSSR count). The Morgan fingerprint density at radius 3 is 3.07 bits per heavy atom. The van der Waals surface area contributed by atoms with Crippen LogP contribution in [0.25, 0.3) is 0 Å². The Morgan fingerprint density at radius 1 is 1.53 bits per heavy atom. The summed E-state index contributed by atoms with van der Waals surface area (Å²) in [5, 5.41) is 2.69. The lowest BCUT2D eigenvalue weighted by Crippen LogP contribution is -2.64. The van der Waals surface area contributed by atoms with Gasteiger partial charge in [0.1, 0.15) is 5.54 Å². The maximum atomic E-state index is 11.9. The molecule has 0 aromatic carbocycles. The molecule has 1 atom stereocenters. The zero-order valence-electron chi connectivity index (χ0n) is 8.79. The molecule has 4 heteroatoms. The molecule has 0 radical (unpaired) electrons. The van der Waals surface area contributed by atoms with E-state index in [0.29, 0.717) is 6.42 Å². The van der Waals surface area contributed by atoms with Gasteiger partial charge in [0.15, 0.2) is 0 Å². The van der Waals surface area contributed by atoms with Crippen molar-refractivity contribution in [3.63, 3.8) is 0 Å². The molecule has 1 N–H and O–H groups in total. The van der Waals surface area contributed by atoms with Crippen LogP contribution in [0.2, 0.25) is 0 Å². The minimum Gasteiger partial charge on any atom is -0.345 e. The molecule has 2 amide bonds. The molecule has 0 bridgehead atoms. The maximum Gasteiger partial charge on any atom is 0.246 e. The van der Waals surface area contributed by atoms with E-state index in [-0.39, 0.29) is 18.4 Å².